The molecule has 0 aliphatic carbocycles. The van der Waals surface area contributed by atoms with Crippen LogP contribution in [0.1, 0.15) is 72.3 Å². The Kier molecular flexibility index (Phi) is 12.3. The molecule has 4 aliphatic heterocycles. The third-order valence-electron chi connectivity index (χ3n) is 10.2. The number of amides is 1. The fourth-order valence-corrected chi connectivity index (χ4v) is 8.00. The highest BCUT2D eigenvalue weighted by atomic mass is 19.1. The fourth-order valence-electron chi connectivity index (χ4n) is 8.00. The number of aromatic nitrogens is 3. The minimum atomic E-state index is -1.03. The van der Waals surface area contributed by atoms with Gasteiger partial charge in [0.15, 0.2) is 5.82 Å². The van der Waals surface area contributed by atoms with Crippen molar-refractivity contribution in [1.29, 1.82) is 0 Å². The number of aromatic hydroxyl groups is 1. The average molecular weight is 791 g/mol. The smallest absolute Gasteiger partial charge is 0.413 e. The Bertz CT molecular complexity index is 2140. The van der Waals surface area contributed by atoms with Gasteiger partial charge in [0, 0.05) is 49.7 Å². The lowest BCUT2D eigenvalue weighted by molar-refractivity contribution is -0.150. The Morgan fingerprint density at radius 1 is 1.07 bits per heavy atom. The van der Waals surface area contributed by atoms with Crippen LogP contribution in [0.3, 0.4) is 0 Å². The van der Waals surface area contributed by atoms with Crippen LogP contribution in [0.25, 0.3) is 32.9 Å². The zero-order valence-electron chi connectivity index (χ0n) is 33.1. The Labute approximate surface area is 330 Å². The predicted molar refractivity (Wildman–Crippen MR) is 210 cm³/mol. The Hall–Kier alpha value is -5.36. The molecule has 0 saturated carbocycles. The first-order valence-electron chi connectivity index (χ1n) is 19.1. The summed E-state index contributed by atoms with van der Waals surface area (Å²) in [5.41, 5.74) is 0.213. The molecule has 12 nitrogen and oxygen atoms in total. The largest absolute Gasteiger partial charge is 0.508 e. The summed E-state index contributed by atoms with van der Waals surface area (Å²) >= 11 is 0. The molecule has 15 heteroatoms. The van der Waals surface area contributed by atoms with E-state index in [9.17, 15) is 23.5 Å². The Balaban J connectivity index is 0.000000329. The van der Waals surface area contributed by atoms with E-state index in [0.29, 0.717) is 60.5 Å². The van der Waals surface area contributed by atoms with Gasteiger partial charge < -0.3 is 24.2 Å². The van der Waals surface area contributed by atoms with Gasteiger partial charge in [0.2, 0.25) is 6.29 Å². The number of ether oxygens (including phenoxy) is 3. The van der Waals surface area contributed by atoms with Crippen LogP contribution in [0.4, 0.5) is 23.8 Å². The summed E-state index contributed by atoms with van der Waals surface area (Å²) in [7, 11) is 1.36. The number of alkyl halides is 1. The van der Waals surface area contributed by atoms with E-state index in [1.807, 2.05) is 4.90 Å². The number of terminal acetylenes is 1. The summed E-state index contributed by atoms with van der Waals surface area (Å²) < 4.78 is 58.9. The van der Waals surface area contributed by atoms with Crippen molar-refractivity contribution in [1.82, 2.24) is 24.8 Å². The molecular weight excluding hydrogens is 741 g/mol. The monoisotopic (exact) mass is 790 g/mol. The van der Waals surface area contributed by atoms with E-state index in [1.54, 1.807) is 4.90 Å². The van der Waals surface area contributed by atoms with Gasteiger partial charge in [-0.3, -0.25) is 19.6 Å². The van der Waals surface area contributed by atoms with Crippen LogP contribution in [0.2, 0.25) is 0 Å². The third kappa shape index (κ3) is 9.12. The lowest BCUT2D eigenvalue weighted by Gasteiger charge is -2.41. The van der Waals surface area contributed by atoms with Crippen molar-refractivity contribution in [2.75, 3.05) is 38.2 Å². The first kappa shape index (κ1) is 41.3. The number of carbonyl (C=O) groups is 2. The summed E-state index contributed by atoms with van der Waals surface area (Å²) in [4.78, 5) is 42.4. The number of methoxy groups -OCH3 is 1. The number of pyridine rings is 1. The number of phenolic OH excluding ortho intramolecular Hbond substituents is 1. The number of hydrogen-bond donors (Lipinski definition) is 1. The second kappa shape index (κ2) is 17.0. The molecule has 4 aliphatic rings. The molecule has 2 aromatic heterocycles. The molecule has 5 atom stereocenters. The molecule has 0 radical (unpaired) electrons. The molecule has 8 rings (SSSR count). The molecule has 6 heterocycles. The molecule has 4 unspecified atom stereocenters. The number of carbonyl (C=O) groups excluding carboxylic acids is 2. The molecule has 4 aromatic rings. The molecule has 304 valence electrons. The number of rotatable bonds is 6. The highest BCUT2D eigenvalue weighted by Crippen LogP contribution is 2.40. The van der Waals surface area contributed by atoms with Crippen LogP contribution in [0.5, 0.6) is 11.8 Å². The van der Waals surface area contributed by atoms with E-state index >= 15 is 4.39 Å². The van der Waals surface area contributed by atoms with Gasteiger partial charge in [0.05, 0.1) is 30.1 Å². The predicted octanol–water partition coefficient (Wildman–Crippen LogP) is 7.37. The van der Waals surface area contributed by atoms with Crippen LogP contribution in [-0.2, 0) is 14.3 Å². The molecule has 4 fully saturated rings. The first-order chi connectivity index (χ1) is 27.1. The summed E-state index contributed by atoms with van der Waals surface area (Å²) in [6, 6.07) is 5.34. The van der Waals surface area contributed by atoms with E-state index in [-0.39, 0.29) is 58.0 Å². The highest BCUT2D eigenvalue weighted by molar-refractivity contribution is 6.03. The maximum Gasteiger partial charge on any atom is 0.413 e. The summed E-state index contributed by atoms with van der Waals surface area (Å²) in [5.74, 6) is 0.988. The third-order valence-corrected chi connectivity index (χ3v) is 10.2. The maximum atomic E-state index is 16.4. The summed E-state index contributed by atoms with van der Waals surface area (Å²) in [6.07, 6.45) is 9.61. The van der Waals surface area contributed by atoms with Gasteiger partial charge in [-0.05, 0) is 67.6 Å². The van der Waals surface area contributed by atoms with E-state index < -0.39 is 30.2 Å². The van der Waals surface area contributed by atoms with Gasteiger partial charge >= 0.3 is 12.1 Å². The molecule has 4 saturated heterocycles. The van der Waals surface area contributed by atoms with Crippen molar-refractivity contribution in [2.24, 2.45) is 5.41 Å². The number of fused-ring (bicyclic) bond motifs is 5. The average Bonchev–Trinajstić information content (AvgIpc) is 3.81. The lowest BCUT2D eigenvalue weighted by Crippen LogP contribution is -2.56. The van der Waals surface area contributed by atoms with Crippen molar-refractivity contribution < 1.29 is 42.1 Å². The van der Waals surface area contributed by atoms with Crippen LogP contribution in [0.15, 0.2) is 30.5 Å². The number of nitrogens with zero attached hydrogens (tertiary/aromatic N) is 6. The van der Waals surface area contributed by atoms with Gasteiger partial charge in [-0.2, -0.15) is 9.97 Å². The van der Waals surface area contributed by atoms with Crippen LogP contribution in [-0.4, -0.2) is 106 Å². The Morgan fingerprint density at radius 3 is 2.40 bits per heavy atom. The summed E-state index contributed by atoms with van der Waals surface area (Å²) in [5, 5.41) is 11.3. The van der Waals surface area contributed by atoms with Crippen LogP contribution >= 0.6 is 0 Å². The van der Waals surface area contributed by atoms with E-state index in [1.165, 1.54) is 57.3 Å². The number of hydrogen-bond acceptors (Lipinski definition) is 11. The van der Waals surface area contributed by atoms with Gasteiger partial charge in [0.1, 0.15) is 34.8 Å². The standard InChI is InChI=1S/C30H25F2N5O6.C7H12FN.C5H12/c1-4-20-23(31)8-5-16-9-19(39)10-21(24(16)20)26-25(32)27-22(11-33-26)28(35-29(34-27)41-3)36-12-17-6-7-18(13-36)37(17)30(40)43-15(2)42-14-38;8-6-4-7-2-1-3-9(7)5-6;1-5(2,3)4/h1,5,8-11,14-15,17-18,39H,6-7,12-13H2,2-3H3;6-7H,1-5H2;1-4H3/t;6-,7?;/m.1./s1. The topological polar surface area (TPSA) is 130 Å². The van der Waals surface area contributed by atoms with Crippen molar-refractivity contribution in [3.8, 4) is 35.4 Å². The van der Waals surface area contributed by atoms with Crippen molar-refractivity contribution >= 4 is 40.1 Å². The molecule has 2 aromatic carbocycles. The fraction of sp³-hybridized carbons (Fsp3) is 0.500. The highest BCUT2D eigenvalue weighted by Gasteiger charge is 2.45. The number of anilines is 1. The van der Waals surface area contributed by atoms with Crippen LogP contribution in [0, 0.1) is 29.4 Å². The number of halogens is 3. The molecule has 1 N–H and O–H groups in total. The maximum absolute atomic E-state index is 16.4. The van der Waals surface area contributed by atoms with Crippen molar-refractivity contribution in [2.45, 2.75) is 97.3 Å². The van der Waals surface area contributed by atoms with Gasteiger partial charge in [-0.1, -0.05) is 39.7 Å². The molecular formula is C42H49F3N6O6. The van der Waals surface area contributed by atoms with E-state index in [4.69, 9.17) is 15.9 Å². The zero-order chi connectivity index (χ0) is 41.2. The second-order valence-electron chi connectivity index (χ2n) is 16.4. The first-order valence-corrected chi connectivity index (χ1v) is 19.1. The normalized spacial score (nSPS) is 21.8. The van der Waals surface area contributed by atoms with E-state index in [0.717, 1.165) is 13.0 Å². The van der Waals surface area contributed by atoms with Gasteiger partial charge in [-0.15, -0.1) is 6.42 Å². The zero-order valence-corrected chi connectivity index (χ0v) is 33.1. The Morgan fingerprint density at radius 2 is 1.77 bits per heavy atom. The number of piperazine rings is 1. The minimum absolute atomic E-state index is 0.0891. The van der Waals surface area contributed by atoms with Gasteiger partial charge in [-0.25, -0.2) is 18.0 Å². The molecule has 0 spiro atoms. The number of phenols is 1. The summed E-state index contributed by atoms with van der Waals surface area (Å²) in [6.45, 7) is 13.0. The SMILES string of the molecule is C#Cc1c(F)ccc2cc(O)cc(-c3ncc4c(N5CC6CCC(C5)N6C(=O)OC(C)OC=O)nc(OC)nc4c3F)c12.CC(C)(C)C.F[C@@H]1CC2CCCN2C1. The molecule has 2 bridgehead atoms. The second-order valence-corrected chi connectivity index (χ2v) is 16.4. The molecule has 1 amide bonds. The van der Waals surface area contributed by atoms with Crippen molar-refractivity contribution in [3.05, 3.63) is 47.7 Å². The minimum Gasteiger partial charge on any atom is -0.508 e. The lowest BCUT2D eigenvalue weighted by atomic mass is 9.96. The quantitative estimate of drug-likeness (QED) is 0.119. The van der Waals surface area contributed by atoms with Crippen LogP contribution < -0.4 is 9.64 Å². The number of benzene rings is 2. The van der Waals surface area contributed by atoms with E-state index in [2.05, 4.69) is 58.2 Å². The van der Waals surface area contributed by atoms with Crippen molar-refractivity contribution in [3.63, 3.8) is 0 Å². The molecule has 57 heavy (non-hydrogen) atoms. The van der Waals surface area contributed by atoms with Gasteiger partial charge in [0.25, 0.3) is 6.47 Å².